The highest BCUT2D eigenvalue weighted by molar-refractivity contribution is 6.34. The van der Waals surface area contributed by atoms with Gasteiger partial charge in [0, 0.05) is 11.1 Å². The van der Waals surface area contributed by atoms with Gasteiger partial charge in [-0.05, 0) is 18.1 Å². The summed E-state index contributed by atoms with van der Waals surface area (Å²) in [5.41, 5.74) is 5.84. The molecule has 0 fully saturated rings. The van der Waals surface area contributed by atoms with Gasteiger partial charge in [0.1, 0.15) is 11.8 Å². The first-order chi connectivity index (χ1) is 6.91. The molecule has 1 aromatic carbocycles. The molecule has 0 bridgehead atoms. The second-order valence-electron chi connectivity index (χ2n) is 3.04. The molecule has 4 nitrogen and oxygen atoms in total. The Morgan fingerprint density at radius 3 is 2.53 bits per heavy atom. The predicted octanol–water partition coefficient (Wildman–Crippen LogP) is 1.65. The topological polar surface area (TPSA) is 83.5 Å². The van der Waals surface area contributed by atoms with Gasteiger partial charge in [-0.2, -0.15) is 0 Å². The van der Waals surface area contributed by atoms with E-state index < -0.39 is 12.0 Å². The van der Waals surface area contributed by atoms with Crippen molar-refractivity contribution < 1.29 is 15.0 Å². The molecule has 0 unspecified atom stereocenters. The fourth-order valence-electron chi connectivity index (χ4n) is 1.06. The number of aliphatic carboxylic acids is 1. The Morgan fingerprint density at radius 2 is 2.00 bits per heavy atom. The van der Waals surface area contributed by atoms with Crippen LogP contribution in [0.3, 0.4) is 0 Å². The third-order valence-electron chi connectivity index (χ3n) is 1.87. The maximum atomic E-state index is 10.5. The van der Waals surface area contributed by atoms with E-state index in [0.29, 0.717) is 5.56 Å². The summed E-state index contributed by atoms with van der Waals surface area (Å²) in [6, 6.07) is 1.62. The molecule has 0 radical (unpaired) electrons. The van der Waals surface area contributed by atoms with Crippen LogP contribution in [0.2, 0.25) is 10.0 Å². The fraction of sp³-hybridized carbons (Fsp3) is 0.222. The number of carboxylic acid groups (broad SMARTS) is 1. The molecule has 0 saturated heterocycles. The van der Waals surface area contributed by atoms with E-state index in [2.05, 4.69) is 0 Å². The Hall–Kier alpha value is -0.970. The van der Waals surface area contributed by atoms with Crippen molar-refractivity contribution in [3.05, 3.63) is 27.7 Å². The molecule has 82 valence electrons. The average Bonchev–Trinajstić information content (AvgIpc) is 2.13. The summed E-state index contributed by atoms with van der Waals surface area (Å²) in [6.45, 7) is 0. The van der Waals surface area contributed by atoms with Gasteiger partial charge in [0.15, 0.2) is 0 Å². The summed E-state index contributed by atoms with van der Waals surface area (Å²) in [4.78, 5) is 10.5. The van der Waals surface area contributed by atoms with Crippen LogP contribution < -0.4 is 5.73 Å². The first-order valence-electron chi connectivity index (χ1n) is 4.07. The lowest BCUT2D eigenvalue weighted by Crippen LogP contribution is -2.32. The molecule has 1 aromatic rings. The Balaban J connectivity index is 2.95. The number of halogens is 2. The number of benzene rings is 1. The minimum Gasteiger partial charge on any atom is -0.506 e. The van der Waals surface area contributed by atoms with Crippen LogP contribution in [0.25, 0.3) is 0 Å². The van der Waals surface area contributed by atoms with Crippen molar-refractivity contribution in [2.24, 2.45) is 5.73 Å². The molecule has 4 N–H and O–H groups in total. The summed E-state index contributed by atoms with van der Waals surface area (Å²) < 4.78 is 0. The Bertz CT molecular complexity index is 395. The second-order valence-corrected chi connectivity index (χ2v) is 3.86. The van der Waals surface area contributed by atoms with E-state index >= 15 is 0 Å². The van der Waals surface area contributed by atoms with E-state index in [1.165, 1.54) is 12.1 Å². The van der Waals surface area contributed by atoms with E-state index in [0.717, 1.165) is 0 Å². The van der Waals surface area contributed by atoms with Gasteiger partial charge in [0.05, 0.1) is 5.02 Å². The van der Waals surface area contributed by atoms with Crippen molar-refractivity contribution >= 4 is 29.2 Å². The average molecular weight is 250 g/mol. The smallest absolute Gasteiger partial charge is 0.320 e. The third kappa shape index (κ3) is 2.99. The number of rotatable bonds is 3. The van der Waals surface area contributed by atoms with E-state index in [4.69, 9.17) is 34.0 Å². The summed E-state index contributed by atoms with van der Waals surface area (Å²) in [5.74, 6) is -1.26. The zero-order valence-electron chi connectivity index (χ0n) is 7.58. The van der Waals surface area contributed by atoms with Crippen LogP contribution >= 0.6 is 23.2 Å². The first-order valence-corrected chi connectivity index (χ1v) is 4.82. The van der Waals surface area contributed by atoms with Gasteiger partial charge in [-0.1, -0.05) is 23.2 Å². The monoisotopic (exact) mass is 249 g/mol. The maximum Gasteiger partial charge on any atom is 0.320 e. The molecule has 1 atom stereocenters. The molecule has 1 rings (SSSR count). The molecular formula is C9H9Cl2NO3. The van der Waals surface area contributed by atoms with Crippen LogP contribution in [-0.4, -0.2) is 22.2 Å². The standard InChI is InChI=1S/C9H9Cl2NO3/c10-5-3-8(13)6(11)1-4(5)2-7(12)9(14)15/h1,3,7,13H,2,12H2,(H,14,15)/t7-/m0/s1. The van der Waals surface area contributed by atoms with Gasteiger partial charge in [-0.25, -0.2) is 0 Å². The maximum absolute atomic E-state index is 10.5. The van der Waals surface area contributed by atoms with E-state index in [1.807, 2.05) is 0 Å². The quantitative estimate of drug-likeness (QED) is 0.761. The lowest BCUT2D eigenvalue weighted by molar-refractivity contribution is -0.138. The lowest BCUT2D eigenvalue weighted by Gasteiger charge is -2.09. The summed E-state index contributed by atoms with van der Waals surface area (Å²) in [7, 11) is 0. The number of carbonyl (C=O) groups is 1. The van der Waals surface area contributed by atoms with Crippen LogP contribution in [0.4, 0.5) is 0 Å². The minimum absolute atomic E-state index is 0.0637. The van der Waals surface area contributed by atoms with Gasteiger partial charge >= 0.3 is 5.97 Å². The van der Waals surface area contributed by atoms with Gasteiger partial charge < -0.3 is 15.9 Å². The molecule has 0 aromatic heterocycles. The fourth-order valence-corrected chi connectivity index (χ4v) is 1.48. The lowest BCUT2D eigenvalue weighted by atomic mass is 10.1. The number of hydrogen-bond donors (Lipinski definition) is 3. The zero-order valence-corrected chi connectivity index (χ0v) is 9.09. The third-order valence-corrected chi connectivity index (χ3v) is 2.53. The van der Waals surface area contributed by atoms with Gasteiger partial charge in [0.25, 0.3) is 0 Å². The van der Waals surface area contributed by atoms with Crippen molar-refractivity contribution in [2.75, 3.05) is 0 Å². The summed E-state index contributed by atoms with van der Waals surface area (Å²) in [5, 5.41) is 18.2. The molecule has 0 aliphatic heterocycles. The molecule has 0 amide bonds. The highest BCUT2D eigenvalue weighted by Crippen LogP contribution is 2.30. The molecule has 0 heterocycles. The number of nitrogens with two attached hydrogens (primary N) is 1. The normalized spacial score (nSPS) is 12.5. The van der Waals surface area contributed by atoms with E-state index in [-0.39, 0.29) is 22.2 Å². The van der Waals surface area contributed by atoms with Gasteiger partial charge in [-0.3, -0.25) is 4.79 Å². The summed E-state index contributed by atoms with van der Waals surface area (Å²) in [6.07, 6.45) is 0.0637. The van der Waals surface area contributed by atoms with E-state index in [1.54, 1.807) is 0 Å². The molecular weight excluding hydrogens is 241 g/mol. The predicted molar refractivity (Wildman–Crippen MR) is 57.4 cm³/mol. The first kappa shape index (κ1) is 12.1. The second kappa shape index (κ2) is 4.70. The van der Waals surface area contributed by atoms with E-state index in [9.17, 15) is 9.90 Å². The van der Waals surface area contributed by atoms with Crippen molar-refractivity contribution in [2.45, 2.75) is 12.5 Å². The van der Waals surface area contributed by atoms with Crippen LogP contribution in [0.1, 0.15) is 5.56 Å². The summed E-state index contributed by atoms with van der Waals surface area (Å²) >= 11 is 11.4. The number of phenols is 1. The van der Waals surface area contributed by atoms with Crippen molar-refractivity contribution in [1.82, 2.24) is 0 Å². The Morgan fingerprint density at radius 1 is 1.40 bits per heavy atom. The van der Waals surface area contributed by atoms with Crippen molar-refractivity contribution in [1.29, 1.82) is 0 Å². The van der Waals surface area contributed by atoms with Gasteiger partial charge in [-0.15, -0.1) is 0 Å². The van der Waals surface area contributed by atoms with Crippen LogP contribution in [0.15, 0.2) is 12.1 Å². The van der Waals surface area contributed by atoms with Gasteiger partial charge in [0.2, 0.25) is 0 Å². The molecule has 0 saturated carbocycles. The molecule has 0 aliphatic carbocycles. The number of hydrogen-bond acceptors (Lipinski definition) is 3. The van der Waals surface area contributed by atoms with Crippen molar-refractivity contribution in [3.8, 4) is 5.75 Å². The van der Waals surface area contributed by atoms with Crippen LogP contribution in [0, 0.1) is 0 Å². The molecule has 6 heteroatoms. The highest BCUT2D eigenvalue weighted by atomic mass is 35.5. The SMILES string of the molecule is N[C@@H](Cc1cc(Cl)c(O)cc1Cl)C(=O)O. The number of aromatic hydroxyl groups is 1. The Kier molecular flexibility index (Phi) is 3.79. The molecule has 15 heavy (non-hydrogen) atoms. The largest absolute Gasteiger partial charge is 0.506 e. The number of phenolic OH excluding ortho intramolecular Hbond substituents is 1. The minimum atomic E-state index is -1.12. The highest BCUT2D eigenvalue weighted by Gasteiger charge is 2.15. The van der Waals surface area contributed by atoms with Crippen LogP contribution in [0.5, 0.6) is 5.75 Å². The zero-order chi connectivity index (χ0) is 11.6. The van der Waals surface area contributed by atoms with Crippen molar-refractivity contribution in [3.63, 3.8) is 0 Å². The molecule has 0 aliphatic rings. The Labute approximate surface area is 96.2 Å². The number of carboxylic acids is 1. The molecule has 0 spiro atoms. The van der Waals surface area contributed by atoms with Crippen LogP contribution in [-0.2, 0) is 11.2 Å².